The quantitative estimate of drug-likeness (QED) is 0.802. The van der Waals surface area contributed by atoms with Gasteiger partial charge in [0.05, 0.1) is 6.10 Å². The van der Waals surface area contributed by atoms with Crippen molar-refractivity contribution in [2.75, 3.05) is 0 Å². The van der Waals surface area contributed by atoms with Gasteiger partial charge in [0.1, 0.15) is 17.7 Å². The molecule has 2 rings (SSSR count). The molecule has 0 bridgehead atoms. The SMILES string of the molecule is Cc1cc(F)ccc1OC1CCCCCC1O. The maximum absolute atomic E-state index is 13.0. The van der Waals surface area contributed by atoms with Crippen LogP contribution in [0, 0.1) is 12.7 Å². The molecule has 1 aliphatic carbocycles. The predicted molar refractivity (Wildman–Crippen MR) is 64.6 cm³/mol. The molecule has 1 aromatic carbocycles. The van der Waals surface area contributed by atoms with Crippen molar-refractivity contribution >= 4 is 0 Å². The van der Waals surface area contributed by atoms with Crippen molar-refractivity contribution in [2.45, 2.75) is 51.2 Å². The Hall–Kier alpha value is -1.09. The fourth-order valence-corrected chi connectivity index (χ4v) is 2.30. The molecule has 3 heteroatoms. The van der Waals surface area contributed by atoms with Crippen LogP contribution in [-0.4, -0.2) is 17.3 Å². The molecule has 0 spiro atoms. The van der Waals surface area contributed by atoms with Gasteiger partial charge in [-0.25, -0.2) is 4.39 Å². The highest BCUT2D eigenvalue weighted by atomic mass is 19.1. The van der Waals surface area contributed by atoms with E-state index in [-0.39, 0.29) is 11.9 Å². The van der Waals surface area contributed by atoms with Crippen LogP contribution < -0.4 is 4.74 Å². The fourth-order valence-electron chi connectivity index (χ4n) is 2.30. The Bertz CT molecular complexity index is 378. The van der Waals surface area contributed by atoms with E-state index in [9.17, 15) is 9.50 Å². The van der Waals surface area contributed by atoms with Gasteiger partial charge in [-0.15, -0.1) is 0 Å². The van der Waals surface area contributed by atoms with Gasteiger partial charge in [-0.05, 0) is 49.9 Å². The number of ether oxygens (including phenoxy) is 1. The standard InChI is InChI=1S/C14H19FO2/c1-10-9-11(15)7-8-13(10)17-14-6-4-2-3-5-12(14)16/h7-9,12,14,16H,2-6H2,1H3. The Kier molecular flexibility index (Phi) is 4.00. The molecule has 0 aliphatic heterocycles. The molecule has 1 fully saturated rings. The Morgan fingerprint density at radius 2 is 2.00 bits per heavy atom. The second-order valence-electron chi connectivity index (χ2n) is 4.77. The van der Waals surface area contributed by atoms with Crippen LogP contribution in [-0.2, 0) is 0 Å². The van der Waals surface area contributed by atoms with Crippen LogP contribution in [0.1, 0.15) is 37.7 Å². The number of aryl methyl sites for hydroxylation is 1. The highest BCUT2D eigenvalue weighted by molar-refractivity contribution is 5.32. The number of hydrogen-bond acceptors (Lipinski definition) is 2. The number of benzene rings is 1. The maximum Gasteiger partial charge on any atom is 0.124 e. The zero-order chi connectivity index (χ0) is 12.3. The first kappa shape index (κ1) is 12.4. The molecule has 0 aromatic heterocycles. The molecule has 0 heterocycles. The molecule has 1 aliphatic rings. The Balaban J connectivity index is 2.08. The van der Waals surface area contributed by atoms with E-state index in [4.69, 9.17) is 4.74 Å². The van der Waals surface area contributed by atoms with Gasteiger partial charge in [-0.3, -0.25) is 0 Å². The van der Waals surface area contributed by atoms with Gasteiger partial charge >= 0.3 is 0 Å². The summed E-state index contributed by atoms with van der Waals surface area (Å²) in [6.45, 7) is 1.82. The molecule has 2 nitrogen and oxygen atoms in total. The average molecular weight is 238 g/mol. The molecule has 2 unspecified atom stereocenters. The minimum atomic E-state index is -0.401. The van der Waals surface area contributed by atoms with Crippen molar-refractivity contribution in [1.29, 1.82) is 0 Å². The zero-order valence-electron chi connectivity index (χ0n) is 10.2. The molecule has 1 aromatic rings. The Morgan fingerprint density at radius 1 is 1.24 bits per heavy atom. The number of hydrogen-bond donors (Lipinski definition) is 1. The molecular weight excluding hydrogens is 219 g/mol. The highest BCUT2D eigenvalue weighted by Gasteiger charge is 2.23. The summed E-state index contributed by atoms with van der Waals surface area (Å²) in [6.07, 6.45) is 4.41. The summed E-state index contributed by atoms with van der Waals surface area (Å²) in [6, 6.07) is 4.49. The molecular formula is C14H19FO2. The number of aliphatic hydroxyl groups excluding tert-OH is 1. The maximum atomic E-state index is 13.0. The first-order chi connectivity index (χ1) is 8.16. The van der Waals surface area contributed by atoms with Gasteiger partial charge in [0.2, 0.25) is 0 Å². The van der Waals surface area contributed by atoms with Gasteiger partial charge < -0.3 is 9.84 Å². The van der Waals surface area contributed by atoms with Crippen molar-refractivity contribution in [3.63, 3.8) is 0 Å². The second kappa shape index (κ2) is 5.50. The molecule has 0 radical (unpaired) electrons. The number of rotatable bonds is 2. The van der Waals surface area contributed by atoms with E-state index in [0.717, 1.165) is 37.7 Å². The summed E-state index contributed by atoms with van der Waals surface area (Å²) in [7, 11) is 0. The van der Waals surface area contributed by atoms with Crippen LogP contribution in [0.2, 0.25) is 0 Å². The van der Waals surface area contributed by atoms with Gasteiger partial charge in [0.15, 0.2) is 0 Å². The minimum absolute atomic E-state index is 0.151. The van der Waals surface area contributed by atoms with Crippen molar-refractivity contribution in [3.8, 4) is 5.75 Å². The minimum Gasteiger partial charge on any atom is -0.487 e. The van der Waals surface area contributed by atoms with E-state index in [2.05, 4.69) is 0 Å². The summed E-state index contributed by atoms with van der Waals surface area (Å²) in [4.78, 5) is 0. The molecule has 17 heavy (non-hydrogen) atoms. The molecule has 94 valence electrons. The first-order valence-electron chi connectivity index (χ1n) is 6.27. The smallest absolute Gasteiger partial charge is 0.124 e. The fraction of sp³-hybridized carbons (Fsp3) is 0.571. The highest BCUT2D eigenvalue weighted by Crippen LogP contribution is 2.25. The number of aliphatic hydroxyl groups is 1. The van der Waals surface area contributed by atoms with Crippen LogP contribution in [0.15, 0.2) is 18.2 Å². The van der Waals surface area contributed by atoms with Crippen molar-refractivity contribution < 1.29 is 14.2 Å². The summed E-state index contributed by atoms with van der Waals surface area (Å²) in [5.74, 6) is 0.425. The second-order valence-corrected chi connectivity index (χ2v) is 4.77. The lowest BCUT2D eigenvalue weighted by molar-refractivity contribution is 0.0315. The van der Waals surface area contributed by atoms with E-state index in [0.29, 0.717) is 5.75 Å². The van der Waals surface area contributed by atoms with Crippen LogP contribution in [0.25, 0.3) is 0 Å². The van der Waals surface area contributed by atoms with Crippen LogP contribution in [0.5, 0.6) is 5.75 Å². The molecule has 1 saturated carbocycles. The topological polar surface area (TPSA) is 29.5 Å². The van der Waals surface area contributed by atoms with Crippen molar-refractivity contribution in [3.05, 3.63) is 29.6 Å². The van der Waals surface area contributed by atoms with Gasteiger partial charge in [-0.1, -0.05) is 12.8 Å². The lowest BCUT2D eigenvalue weighted by atomic mass is 10.1. The van der Waals surface area contributed by atoms with Crippen LogP contribution >= 0.6 is 0 Å². The van der Waals surface area contributed by atoms with Crippen molar-refractivity contribution in [1.82, 2.24) is 0 Å². The lowest BCUT2D eigenvalue weighted by Crippen LogP contribution is -2.30. The third-order valence-corrected chi connectivity index (χ3v) is 3.33. The third kappa shape index (κ3) is 3.19. The van der Waals surface area contributed by atoms with E-state index < -0.39 is 6.10 Å². The van der Waals surface area contributed by atoms with Gasteiger partial charge in [0.25, 0.3) is 0 Å². The predicted octanol–water partition coefficient (Wildman–Crippen LogP) is 3.21. The first-order valence-corrected chi connectivity index (χ1v) is 6.27. The van der Waals surface area contributed by atoms with Crippen molar-refractivity contribution in [2.24, 2.45) is 0 Å². The molecule has 1 N–H and O–H groups in total. The monoisotopic (exact) mass is 238 g/mol. The van der Waals surface area contributed by atoms with E-state index >= 15 is 0 Å². The Morgan fingerprint density at radius 3 is 2.76 bits per heavy atom. The van der Waals surface area contributed by atoms with E-state index in [1.165, 1.54) is 12.1 Å². The van der Waals surface area contributed by atoms with Gasteiger partial charge in [-0.2, -0.15) is 0 Å². The summed E-state index contributed by atoms with van der Waals surface area (Å²) >= 11 is 0. The van der Waals surface area contributed by atoms with Crippen LogP contribution in [0.4, 0.5) is 4.39 Å². The molecule has 0 saturated heterocycles. The van der Waals surface area contributed by atoms with E-state index in [1.54, 1.807) is 6.07 Å². The lowest BCUT2D eigenvalue weighted by Gasteiger charge is -2.23. The summed E-state index contributed by atoms with van der Waals surface area (Å²) in [5, 5.41) is 9.96. The van der Waals surface area contributed by atoms with E-state index in [1.807, 2.05) is 6.92 Å². The number of halogens is 1. The Labute approximate surface area is 101 Å². The largest absolute Gasteiger partial charge is 0.487 e. The molecule has 0 amide bonds. The summed E-state index contributed by atoms with van der Waals surface area (Å²) in [5.41, 5.74) is 0.779. The average Bonchev–Trinajstić information content (AvgIpc) is 2.48. The zero-order valence-corrected chi connectivity index (χ0v) is 10.2. The normalized spacial score (nSPS) is 25.4. The third-order valence-electron chi connectivity index (χ3n) is 3.33. The van der Waals surface area contributed by atoms with Crippen LogP contribution in [0.3, 0.4) is 0 Å². The molecule has 2 atom stereocenters. The summed E-state index contributed by atoms with van der Waals surface area (Å²) < 4.78 is 18.8. The van der Waals surface area contributed by atoms with Gasteiger partial charge in [0, 0.05) is 0 Å².